The number of amides is 1. The fraction of sp³-hybridized carbons (Fsp3) is 0.240. The van der Waals surface area contributed by atoms with E-state index >= 15 is 0 Å². The summed E-state index contributed by atoms with van der Waals surface area (Å²) in [7, 11) is -2.61. The van der Waals surface area contributed by atoms with E-state index in [-0.39, 0.29) is 29.6 Å². The van der Waals surface area contributed by atoms with E-state index in [0.29, 0.717) is 29.5 Å². The van der Waals surface area contributed by atoms with Gasteiger partial charge in [-0.3, -0.25) is 9.52 Å². The van der Waals surface area contributed by atoms with E-state index in [1.165, 1.54) is 19.2 Å². The number of rotatable bonds is 11. The molecule has 0 fully saturated rings. The zero-order valence-corrected chi connectivity index (χ0v) is 20.1. The molecule has 34 heavy (non-hydrogen) atoms. The molecule has 0 radical (unpaired) electrons. The molecular weight excluding hydrogens is 456 g/mol. The highest BCUT2D eigenvalue weighted by Gasteiger charge is 2.21. The maximum atomic E-state index is 13.0. The minimum absolute atomic E-state index is 0.0995. The first kappa shape index (κ1) is 24.9. The summed E-state index contributed by atoms with van der Waals surface area (Å²) in [6.45, 7) is 4.55. The highest BCUT2D eigenvalue weighted by Crippen LogP contribution is 2.29. The van der Waals surface area contributed by atoms with Gasteiger partial charge >= 0.3 is 0 Å². The molecule has 0 unspecified atom stereocenters. The lowest BCUT2D eigenvalue weighted by molar-refractivity contribution is -0.116. The number of carbonyl (C=O) groups excluding carboxylic acids is 1. The Labute approximate surface area is 199 Å². The molecule has 0 aliphatic carbocycles. The van der Waals surface area contributed by atoms with Crippen LogP contribution < -0.4 is 24.2 Å². The molecular formula is C25H28N2O6S. The molecule has 0 bridgehead atoms. The van der Waals surface area contributed by atoms with Gasteiger partial charge in [-0.15, -0.1) is 0 Å². The van der Waals surface area contributed by atoms with E-state index in [9.17, 15) is 13.2 Å². The first-order chi connectivity index (χ1) is 16.3. The predicted octanol–water partition coefficient (Wildman–Crippen LogP) is 4.61. The van der Waals surface area contributed by atoms with Gasteiger partial charge in [0, 0.05) is 11.4 Å². The number of aryl methyl sites for hydroxylation is 1. The number of methoxy groups -OCH3 is 1. The van der Waals surface area contributed by atoms with Crippen LogP contribution in [0.2, 0.25) is 0 Å². The first-order valence-electron chi connectivity index (χ1n) is 10.7. The van der Waals surface area contributed by atoms with E-state index in [1.807, 2.05) is 38.1 Å². The van der Waals surface area contributed by atoms with Crippen molar-refractivity contribution in [3.8, 4) is 17.2 Å². The highest BCUT2D eigenvalue weighted by molar-refractivity contribution is 7.92. The molecule has 0 saturated carbocycles. The molecule has 8 nitrogen and oxygen atoms in total. The van der Waals surface area contributed by atoms with Gasteiger partial charge in [-0.25, -0.2) is 8.42 Å². The highest BCUT2D eigenvalue weighted by atomic mass is 32.2. The van der Waals surface area contributed by atoms with Crippen LogP contribution in [-0.4, -0.2) is 34.6 Å². The molecule has 2 N–H and O–H groups in total. The summed E-state index contributed by atoms with van der Waals surface area (Å²) in [6.07, 6.45) is 0.104. The Kier molecular flexibility index (Phi) is 8.37. The lowest BCUT2D eigenvalue weighted by Gasteiger charge is -2.14. The average molecular weight is 485 g/mol. The van der Waals surface area contributed by atoms with Crippen LogP contribution in [0.3, 0.4) is 0 Å². The summed E-state index contributed by atoms with van der Waals surface area (Å²) in [6, 6.07) is 18.5. The van der Waals surface area contributed by atoms with Crippen molar-refractivity contribution in [3.63, 3.8) is 0 Å². The van der Waals surface area contributed by atoms with Crippen LogP contribution in [0.1, 0.15) is 18.9 Å². The molecule has 0 spiro atoms. The molecule has 0 aliphatic heterocycles. The van der Waals surface area contributed by atoms with Gasteiger partial charge in [-0.2, -0.15) is 0 Å². The van der Waals surface area contributed by atoms with Gasteiger partial charge in [0.1, 0.15) is 22.1 Å². The summed E-state index contributed by atoms with van der Waals surface area (Å²) in [5, 5.41) is 2.70. The average Bonchev–Trinajstić information content (AvgIpc) is 2.81. The number of nitrogens with one attached hydrogen (secondary N) is 2. The Morgan fingerprint density at radius 1 is 0.882 bits per heavy atom. The zero-order chi connectivity index (χ0) is 24.6. The monoisotopic (exact) mass is 484 g/mol. The third kappa shape index (κ3) is 6.89. The Bertz CT molecular complexity index is 1210. The summed E-state index contributed by atoms with van der Waals surface area (Å²) in [4.78, 5) is 12.2. The topological polar surface area (TPSA) is 103 Å². The predicted molar refractivity (Wildman–Crippen MR) is 131 cm³/mol. The second-order valence-electron chi connectivity index (χ2n) is 7.39. The maximum absolute atomic E-state index is 13.0. The van der Waals surface area contributed by atoms with Crippen LogP contribution in [0.25, 0.3) is 0 Å². The number of anilines is 2. The van der Waals surface area contributed by atoms with Crippen molar-refractivity contribution in [2.75, 3.05) is 30.4 Å². The van der Waals surface area contributed by atoms with Crippen LogP contribution in [0, 0.1) is 6.92 Å². The van der Waals surface area contributed by atoms with E-state index in [0.717, 1.165) is 5.56 Å². The number of benzene rings is 3. The molecule has 0 saturated heterocycles. The number of hydrogen-bond acceptors (Lipinski definition) is 6. The number of hydrogen-bond donors (Lipinski definition) is 2. The van der Waals surface area contributed by atoms with E-state index in [2.05, 4.69) is 10.0 Å². The fourth-order valence-electron chi connectivity index (χ4n) is 3.08. The second kappa shape index (κ2) is 11.4. The van der Waals surface area contributed by atoms with Gasteiger partial charge in [0.05, 0.1) is 26.7 Å². The van der Waals surface area contributed by atoms with E-state index in [1.54, 1.807) is 30.3 Å². The van der Waals surface area contributed by atoms with E-state index in [4.69, 9.17) is 14.2 Å². The molecule has 1 amide bonds. The van der Waals surface area contributed by atoms with Crippen LogP contribution >= 0.6 is 0 Å². The van der Waals surface area contributed by atoms with Crippen LogP contribution in [0.5, 0.6) is 17.2 Å². The standard InChI is InChI=1S/C25H28N2O6S/c1-4-32-21-12-7-19(8-13-21)27-34(29,30)24-17-20(9-14-23(24)31-3)26-25(28)15-16-33-22-10-5-18(2)6-11-22/h5-14,17,27H,4,15-16H2,1-3H3,(H,26,28). The zero-order valence-electron chi connectivity index (χ0n) is 19.3. The number of ether oxygens (including phenoxy) is 3. The third-order valence-electron chi connectivity index (χ3n) is 4.77. The molecule has 0 aliphatic rings. The molecule has 180 valence electrons. The largest absolute Gasteiger partial charge is 0.495 e. The van der Waals surface area contributed by atoms with Crippen LogP contribution in [0.4, 0.5) is 11.4 Å². The third-order valence-corrected chi connectivity index (χ3v) is 6.18. The Morgan fingerprint density at radius 3 is 2.15 bits per heavy atom. The van der Waals surface area contributed by atoms with Crippen molar-refractivity contribution < 1.29 is 27.4 Å². The van der Waals surface area contributed by atoms with Crippen molar-refractivity contribution in [1.82, 2.24) is 0 Å². The van der Waals surface area contributed by atoms with Gasteiger partial charge < -0.3 is 19.5 Å². The van der Waals surface area contributed by atoms with Crippen molar-refractivity contribution in [2.45, 2.75) is 25.2 Å². The van der Waals surface area contributed by atoms with Crippen LogP contribution in [-0.2, 0) is 14.8 Å². The summed E-state index contributed by atoms with van der Waals surface area (Å²) in [5.74, 6) is 1.16. The van der Waals surface area contributed by atoms with Gasteiger partial charge in [-0.05, 0) is 68.4 Å². The van der Waals surface area contributed by atoms with Crippen molar-refractivity contribution in [3.05, 3.63) is 72.3 Å². The van der Waals surface area contributed by atoms with Gasteiger partial charge in [0.2, 0.25) is 5.91 Å². The summed E-state index contributed by atoms with van der Waals surface area (Å²) in [5.41, 5.74) is 1.81. The first-order valence-corrected chi connectivity index (χ1v) is 12.2. The molecule has 3 aromatic rings. The number of carbonyl (C=O) groups is 1. The van der Waals surface area contributed by atoms with Crippen molar-refractivity contribution >= 4 is 27.3 Å². The van der Waals surface area contributed by atoms with Gasteiger partial charge in [0.15, 0.2) is 0 Å². The molecule has 0 atom stereocenters. The molecule has 9 heteroatoms. The SMILES string of the molecule is CCOc1ccc(NS(=O)(=O)c2cc(NC(=O)CCOc3ccc(C)cc3)ccc2OC)cc1. The maximum Gasteiger partial charge on any atom is 0.265 e. The summed E-state index contributed by atoms with van der Waals surface area (Å²) < 4.78 is 44.8. The van der Waals surface area contributed by atoms with Gasteiger partial charge in [-0.1, -0.05) is 17.7 Å². The van der Waals surface area contributed by atoms with Crippen LogP contribution in [0.15, 0.2) is 71.6 Å². The lowest BCUT2D eigenvalue weighted by atomic mass is 10.2. The Hall–Kier alpha value is -3.72. The van der Waals surface area contributed by atoms with Crippen molar-refractivity contribution in [1.29, 1.82) is 0 Å². The minimum atomic E-state index is -3.99. The van der Waals surface area contributed by atoms with Crippen molar-refractivity contribution in [2.24, 2.45) is 0 Å². The number of sulfonamides is 1. The summed E-state index contributed by atoms with van der Waals surface area (Å²) >= 11 is 0. The molecule has 0 aromatic heterocycles. The molecule has 3 rings (SSSR count). The quantitative estimate of drug-likeness (QED) is 0.412. The smallest absolute Gasteiger partial charge is 0.265 e. The molecule has 3 aromatic carbocycles. The fourth-order valence-corrected chi connectivity index (χ4v) is 4.33. The Balaban J connectivity index is 1.66. The normalized spacial score (nSPS) is 10.9. The van der Waals surface area contributed by atoms with E-state index < -0.39 is 10.0 Å². The molecule has 0 heterocycles. The van der Waals surface area contributed by atoms with Gasteiger partial charge in [0.25, 0.3) is 10.0 Å². The minimum Gasteiger partial charge on any atom is -0.495 e. The second-order valence-corrected chi connectivity index (χ2v) is 9.04. The Morgan fingerprint density at radius 2 is 1.50 bits per heavy atom. The lowest BCUT2D eigenvalue weighted by Crippen LogP contribution is -2.17.